The maximum Gasteiger partial charge on any atom is 0.266 e. The van der Waals surface area contributed by atoms with E-state index in [2.05, 4.69) is 4.98 Å². The lowest BCUT2D eigenvalue weighted by Crippen LogP contribution is -2.28. The fraction of sp³-hybridized carbons (Fsp3) is 0.0870. The number of aromatic nitrogens is 2. The van der Waals surface area contributed by atoms with Gasteiger partial charge in [0.1, 0.15) is 0 Å². The minimum absolute atomic E-state index is 0.0868. The number of anilines is 1. The zero-order valence-corrected chi connectivity index (χ0v) is 17.7. The molecule has 4 rings (SSSR count). The third kappa shape index (κ3) is 4.10. The number of fused-ring (bicyclic) bond motifs is 1. The number of hydrogen-bond donors (Lipinski definition) is 0. The van der Waals surface area contributed by atoms with Crippen LogP contribution in [0.15, 0.2) is 88.8 Å². The average molecular weight is 436 g/mol. The molecule has 7 heteroatoms. The number of para-hydroxylation sites is 2. The molecule has 0 aliphatic carbocycles. The van der Waals surface area contributed by atoms with Crippen LogP contribution in [0.1, 0.15) is 0 Å². The van der Waals surface area contributed by atoms with Crippen LogP contribution in [0.3, 0.4) is 0 Å². The molecule has 0 saturated carbocycles. The fourth-order valence-corrected chi connectivity index (χ4v) is 4.10. The van der Waals surface area contributed by atoms with Gasteiger partial charge in [0.25, 0.3) is 5.56 Å². The first kappa shape index (κ1) is 20.2. The molecule has 0 N–H and O–H groups in total. The van der Waals surface area contributed by atoms with Crippen molar-refractivity contribution in [1.82, 2.24) is 9.55 Å². The molecule has 0 fully saturated rings. The predicted octanol–water partition coefficient (Wildman–Crippen LogP) is 4.79. The van der Waals surface area contributed by atoms with Crippen molar-refractivity contribution in [3.05, 3.63) is 94.2 Å². The molecule has 1 heterocycles. The van der Waals surface area contributed by atoms with Gasteiger partial charge in [0.15, 0.2) is 5.16 Å². The Morgan fingerprint density at radius 3 is 2.40 bits per heavy atom. The first-order valence-corrected chi connectivity index (χ1v) is 10.6. The normalized spacial score (nSPS) is 10.9. The molecule has 0 radical (unpaired) electrons. The molecule has 0 unspecified atom stereocenters. The van der Waals surface area contributed by atoms with E-state index in [0.717, 1.165) is 5.69 Å². The van der Waals surface area contributed by atoms with Crippen LogP contribution in [0.5, 0.6) is 0 Å². The van der Waals surface area contributed by atoms with E-state index in [1.807, 2.05) is 42.5 Å². The molecule has 1 aromatic heterocycles. The molecule has 0 atom stereocenters. The highest BCUT2D eigenvalue weighted by atomic mass is 35.5. The Labute approximate surface area is 182 Å². The number of hydrogen-bond acceptors (Lipinski definition) is 4. The smallest absolute Gasteiger partial charge is 0.266 e. The van der Waals surface area contributed by atoms with Crippen molar-refractivity contribution in [3.8, 4) is 5.69 Å². The van der Waals surface area contributed by atoms with Crippen LogP contribution in [-0.2, 0) is 4.79 Å². The van der Waals surface area contributed by atoms with Crippen LogP contribution in [0.2, 0.25) is 5.02 Å². The van der Waals surface area contributed by atoms with Crippen LogP contribution in [-0.4, -0.2) is 28.3 Å². The van der Waals surface area contributed by atoms with Crippen LogP contribution < -0.4 is 10.5 Å². The predicted molar refractivity (Wildman–Crippen MR) is 123 cm³/mol. The summed E-state index contributed by atoms with van der Waals surface area (Å²) in [7, 11) is 1.73. The Morgan fingerprint density at radius 1 is 1.00 bits per heavy atom. The third-order valence-electron chi connectivity index (χ3n) is 4.67. The van der Waals surface area contributed by atoms with Crippen molar-refractivity contribution in [1.29, 1.82) is 0 Å². The van der Waals surface area contributed by atoms with Crippen LogP contribution in [0.4, 0.5) is 5.69 Å². The average Bonchev–Trinajstić information content (AvgIpc) is 2.78. The summed E-state index contributed by atoms with van der Waals surface area (Å²) in [5.41, 5.74) is 1.87. The Kier molecular flexibility index (Phi) is 5.88. The SMILES string of the molecule is CN(C(=O)CSc1nc2ccccc2c(=O)n1-c1ccc(Cl)cc1)c1ccccc1. The number of carbonyl (C=O) groups excluding carboxylic acids is 1. The lowest BCUT2D eigenvalue weighted by Gasteiger charge is -2.18. The maximum atomic E-state index is 13.2. The number of thioether (sulfide) groups is 1. The second kappa shape index (κ2) is 8.73. The number of halogens is 1. The van der Waals surface area contributed by atoms with E-state index in [9.17, 15) is 9.59 Å². The topological polar surface area (TPSA) is 55.2 Å². The Hall–Kier alpha value is -3.09. The Bertz CT molecular complexity index is 1260. The fourth-order valence-electron chi connectivity index (χ4n) is 3.05. The standard InChI is InChI=1S/C23H18ClN3O2S/c1-26(17-7-3-2-4-8-17)21(28)15-30-23-25-20-10-6-5-9-19(20)22(29)27(23)18-13-11-16(24)12-14-18/h2-14H,15H2,1H3. The number of amides is 1. The molecule has 5 nitrogen and oxygen atoms in total. The molecule has 4 aromatic rings. The van der Waals surface area contributed by atoms with E-state index in [4.69, 9.17) is 11.6 Å². The molecule has 30 heavy (non-hydrogen) atoms. The van der Waals surface area contributed by atoms with Crippen LogP contribution in [0.25, 0.3) is 16.6 Å². The number of nitrogens with zero attached hydrogens (tertiary/aromatic N) is 3. The summed E-state index contributed by atoms with van der Waals surface area (Å²) >= 11 is 7.24. The van der Waals surface area contributed by atoms with E-state index in [-0.39, 0.29) is 17.2 Å². The van der Waals surface area contributed by atoms with Gasteiger partial charge in [-0.3, -0.25) is 14.2 Å². The van der Waals surface area contributed by atoms with E-state index >= 15 is 0 Å². The second-order valence-corrected chi connectivity index (χ2v) is 7.98. The number of rotatable bonds is 5. The zero-order chi connectivity index (χ0) is 21.1. The summed E-state index contributed by atoms with van der Waals surface area (Å²) in [6.45, 7) is 0. The summed E-state index contributed by atoms with van der Waals surface area (Å²) in [6.07, 6.45) is 0. The highest BCUT2D eigenvalue weighted by Gasteiger charge is 2.17. The number of carbonyl (C=O) groups is 1. The van der Waals surface area contributed by atoms with Crippen molar-refractivity contribution in [2.24, 2.45) is 0 Å². The third-order valence-corrected chi connectivity index (χ3v) is 5.85. The molecule has 1 amide bonds. The molecule has 0 aliphatic rings. The van der Waals surface area contributed by atoms with Gasteiger partial charge in [-0.05, 0) is 48.5 Å². The number of benzene rings is 3. The van der Waals surface area contributed by atoms with E-state index in [0.29, 0.717) is 26.8 Å². The molecule has 0 spiro atoms. The van der Waals surface area contributed by atoms with Crippen molar-refractivity contribution in [2.75, 3.05) is 17.7 Å². The van der Waals surface area contributed by atoms with E-state index < -0.39 is 0 Å². The maximum absolute atomic E-state index is 13.2. The van der Waals surface area contributed by atoms with Gasteiger partial charge >= 0.3 is 0 Å². The van der Waals surface area contributed by atoms with Gasteiger partial charge in [-0.1, -0.05) is 53.7 Å². The Balaban J connectivity index is 1.70. The highest BCUT2D eigenvalue weighted by molar-refractivity contribution is 7.99. The van der Waals surface area contributed by atoms with Crippen molar-refractivity contribution >= 4 is 45.9 Å². The molecule has 150 valence electrons. The van der Waals surface area contributed by atoms with Crippen LogP contribution in [0, 0.1) is 0 Å². The molecule has 0 saturated heterocycles. The minimum atomic E-state index is -0.186. The van der Waals surface area contributed by atoms with Crippen molar-refractivity contribution in [3.63, 3.8) is 0 Å². The van der Waals surface area contributed by atoms with Gasteiger partial charge in [-0.15, -0.1) is 0 Å². The van der Waals surface area contributed by atoms with Gasteiger partial charge in [0.2, 0.25) is 5.91 Å². The second-order valence-electron chi connectivity index (χ2n) is 6.61. The lowest BCUT2D eigenvalue weighted by atomic mass is 10.2. The summed E-state index contributed by atoms with van der Waals surface area (Å²) in [5, 5.41) is 1.55. The van der Waals surface area contributed by atoms with Crippen molar-refractivity contribution < 1.29 is 4.79 Å². The van der Waals surface area contributed by atoms with Gasteiger partial charge in [-0.25, -0.2) is 4.98 Å². The summed E-state index contributed by atoms with van der Waals surface area (Å²) in [4.78, 5) is 32.2. The van der Waals surface area contributed by atoms with Crippen molar-refractivity contribution in [2.45, 2.75) is 5.16 Å². The minimum Gasteiger partial charge on any atom is -0.315 e. The van der Waals surface area contributed by atoms with Crippen LogP contribution >= 0.6 is 23.4 Å². The van der Waals surface area contributed by atoms with Gasteiger partial charge in [0, 0.05) is 17.8 Å². The molecule has 3 aromatic carbocycles. The zero-order valence-electron chi connectivity index (χ0n) is 16.2. The molecule has 0 bridgehead atoms. The van der Waals surface area contributed by atoms with Gasteiger partial charge < -0.3 is 4.90 Å². The largest absolute Gasteiger partial charge is 0.315 e. The molecular weight excluding hydrogens is 418 g/mol. The van der Waals surface area contributed by atoms with E-state index in [1.54, 1.807) is 48.3 Å². The van der Waals surface area contributed by atoms with Gasteiger partial charge in [0.05, 0.1) is 22.3 Å². The highest BCUT2D eigenvalue weighted by Crippen LogP contribution is 2.23. The van der Waals surface area contributed by atoms with E-state index in [1.165, 1.54) is 16.3 Å². The molecular formula is C23H18ClN3O2S. The molecule has 0 aliphatic heterocycles. The first-order valence-electron chi connectivity index (χ1n) is 9.27. The van der Waals surface area contributed by atoms with Gasteiger partial charge in [-0.2, -0.15) is 0 Å². The first-order chi connectivity index (χ1) is 14.5. The monoisotopic (exact) mass is 435 g/mol. The Morgan fingerprint density at radius 2 is 1.67 bits per heavy atom. The lowest BCUT2D eigenvalue weighted by molar-refractivity contribution is -0.115. The summed E-state index contributed by atoms with van der Waals surface area (Å²) in [6, 6.07) is 23.6. The summed E-state index contributed by atoms with van der Waals surface area (Å²) in [5.74, 6) is 0.0558. The summed E-state index contributed by atoms with van der Waals surface area (Å²) < 4.78 is 1.53. The quantitative estimate of drug-likeness (QED) is 0.334.